The number of aliphatic hydroxyl groups excluding tert-OH is 2. The van der Waals surface area contributed by atoms with Gasteiger partial charge in [0.2, 0.25) is 0 Å². The van der Waals surface area contributed by atoms with Crippen LogP contribution in [-0.2, 0) is 19.8 Å². The first-order valence-corrected chi connectivity index (χ1v) is 13.8. The summed E-state index contributed by atoms with van der Waals surface area (Å²) in [6, 6.07) is 18.4. The van der Waals surface area contributed by atoms with Crippen LogP contribution < -0.4 is 14.8 Å². The molecule has 0 spiro atoms. The van der Waals surface area contributed by atoms with Gasteiger partial charge in [0.1, 0.15) is 37.1 Å². The lowest BCUT2D eigenvalue weighted by molar-refractivity contribution is 0.112. The maximum Gasteiger partial charge on any atom is 0.150 e. The minimum Gasteiger partial charge on any atom is -0.488 e. The van der Waals surface area contributed by atoms with Gasteiger partial charge in [-0.05, 0) is 53.8 Å². The molecule has 42 heavy (non-hydrogen) atoms. The number of ether oxygens (including phenoxy) is 2. The number of halogens is 1. The molecular weight excluding hydrogens is 554 g/mol. The van der Waals surface area contributed by atoms with E-state index >= 15 is 0 Å². The van der Waals surface area contributed by atoms with Gasteiger partial charge < -0.3 is 25.0 Å². The van der Waals surface area contributed by atoms with Crippen molar-refractivity contribution in [2.24, 2.45) is 0 Å². The van der Waals surface area contributed by atoms with Crippen LogP contribution in [0.4, 0.5) is 0 Å². The molecule has 3 aromatic carbocycles. The molecule has 0 aliphatic heterocycles. The van der Waals surface area contributed by atoms with Gasteiger partial charge in [-0.3, -0.25) is 9.78 Å². The van der Waals surface area contributed by atoms with Gasteiger partial charge >= 0.3 is 0 Å². The first kappa shape index (κ1) is 30.7. The molecule has 4 aromatic rings. The Labute approximate surface area is 250 Å². The quantitative estimate of drug-likeness (QED) is 0.180. The number of nitrogens with zero attached hydrogens (tertiary/aromatic N) is 2. The molecular formula is C33H32ClN3O5. The van der Waals surface area contributed by atoms with Gasteiger partial charge in [0.15, 0.2) is 0 Å². The number of pyridine rings is 1. The van der Waals surface area contributed by atoms with Crippen molar-refractivity contribution < 1.29 is 24.5 Å². The molecule has 0 radical (unpaired) electrons. The molecule has 0 bridgehead atoms. The summed E-state index contributed by atoms with van der Waals surface area (Å²) in [5.41, 5.74) is 7.42. The van der Waals surface area contributed by atoms with E-state index in [1.165, 1.54) is 6.20 Å². The zero-order valence-corrected chi connectivity index (χ0v) is 24.2. The number of rotatable bonds is 13. The Hall–Kier alpha value is -4.26. The number of carbonyl (C=O) groups is 1. The van der Waals surface area contributed by atoms with E-state index in [-0.39, 0.29) is 33.0 Å². The highest BCUT2D eigenvalue weighted by Crippen LogP contribution is 2.35. The second-order valence-electron chi connectivity index (χ2n) is 9.83. The maximum absolute atomic E-state index is 11.5. The van der Waals surface area contributed by atoms with Gasteiger partial charge in [-0.1, -0.05) is 48.0 Å². The first-order chi connectivity index (χ1) is 20.4. The van der Waals surface area contributed by atoms with Crippen molar-refractivity contribution in [1.29, 1.82) is 5.26 Å². The second kappa shape index (κ2) is 14.6. The predicted molar refractivity (Wildman–Crippen MR) is 161 cm³/mol. The molecule has 0 aliphatic carbocycles. The van der Waals surface area contributed by atoms with Crippen molar-refractivity contribution >= 4 is 17.9 Å². The Morgan fingerprint density at radius 2 is 1.67 bits per heavy atom. The van der Waals surface area contributed by atoms with Crippen LogP contribution in [-0.4, -0.2) is 40.7 Å². The van der Waals surface area contributed by atoms with Crippen molar-refractivity contribution in [2.75, 3.05) is 13.2 Å². The molecule has 8 nitrogen and oxygen atoms in total. The normalized spacial score (nSPS) is 10.9. The SMILES string of the molecule is Cc1c(C=O)cccc1-c1cccc(COc2cc(OCc3cncc(C#N)c3)c(CNC(CO)CO)cc2Cl)c1C. The Bertz CT molecular complexity index is 1600. The third kappa shape index (κ3) is 7.32. The van der Waals surface area contributed by atoms with Crippen LogP contribution in [0.15, 0.2) is 67.0 Å². The third-order valence-corrected chi connectivity index (χ3v) is 7.37. The van der Waals surface area contributed by atoms with Crippen LogP contribution >= 0.6 is 11.6 Å². The van der Waals surface area contributed by atoms with Gasteiger partial charge in [0, 0.05) is 41.7 Å². The number of carbonyl (C=O) groups excluding carboxylic acids is 1. The smallest absolute Gasteiger partial charge is 0.150 e. The average molecular weight is 586 g/mol. The fourth-order valence-corrected chi connectivity index (χ4v) is 4.79. The molecule has 0 amide bonds. The van der Waals surface area contributed by atoms with Crippen LogP contribution in [0.1, 0.15) is 43.7 Å². The summed E-state index contributed by atoms with van der Waals surface area (Å²) in [6.45, 7) is 4.17. The monoisotopic (exact) mass is 585 g/mol. The fraction of sp³-hybridized carbons (Fsp3) is 0.242. The van der Waals surface area contributed by atoms with E-state index in [9.17, 15) is 20.3 Å². The van der Waals surface area contributed by atoms with Crippen LogP contribution in [0.5, 0.6) is 11.5 Å². The summed E-state index contributed by atoms with van der Waals surface area (Å²) in [7, 11) is 0. The van der Waals surface area contributed by atoms with Crippen LogP contribution in [0.3, 0.4) is 0 Å². The maximum atomic E-state index is 11.5. The molecule has 9 heteroatoms. The largest absolute Gasteiger partial charge is 0.488 e. The predicted octanol–water partition coefficient (Wildman–Crippen LogP) is 5.30. The van der Waals surface area contributed by atoms with Crippen LogP contribution in [0.2, 0.25) is 5.02 Å². The molecule has 216 valence electrons. The van der Waals surface area contributed by atoms with Crippen LogP contribution in [0, 0.1) is 25.2 Å². The Balaban J connectivity index is 1.59. The lowest BCUT2D eigenvalue weighted by atomic mass is 9.92. The number of nitrogens with one attached hydrogen (secondary N) is 1. The third-order valence-electron chi connectivity index (χ3n) is 7.08. The molecule has 1 aromatic heterocycles. The van der Waals surface area contributed by atoms with Gasteiger partial charge in [-0.2, -0.15) is 5.26 Å². The molecule has 0 saturated carbocycles. The summed E-state index contributed by atoms with van der Waals surface area (Å²) in [6.07, 6.45) is 3.97. The van der Waals surface area contributed by atoms with E-state index in [1.807, 2.05) is 44.2 Å². The number of hydrogen-bond acceptors (Lipinski definition) is 8. The Kier molecular flexibility index (Phi) is 10.7. The number of aromatic nitrogens is 1. The number of aliphatic hydroxyl groups is 2. The second-order valence-corrected chi connectivity index (χ2v) is 10.2. The lowest BCUT2D eigenvalue weighted by Crippen LogP contribution is -2.35. The van der Waals surface area contributed by atoms with E-state index in [0.717, 1.165) is 39.7 Å². The Morgan fingerprint density at radius 1 is 0.952 bits per heavy atom. The highest BCUT2D eigenvalue weighted by Gasteiger charge is 2.16. The zero-order valence-electron chi connectivity index (χ0n) is 23.4. The van der Waals surface area contributed by atoms with Crippen molar-refractivity contribution in [3.8, 4) is 28.7 Å². The minimum atomic E-state index is -0.504. The van der Waals surface area contributed by atoms with E-state index in [2.05, 4.69) is 16.4 Å². The molecule has 0 aliphatic rings. The summed E-state index contributed by atoms with van der Waals surface area (Å²) in [4.78, 5) is 15.6. The van der Waals surface area contributed by atoms with E-state index < -0.39 is 6.04 Å². The van der Waals surface area contributed by atoms with Gasteiger partial charge in [0.25, 0.3) is 0 Å². The van der Waals surface area contributed by atoms with Crippen molar-refractivity contribution in [2.45, 2.75) is 39.6 Å². The van der Waals surface area contributed by atoms with Crippen molar-refractivity contribution in [1.82, 2.24) is 10.3 Å². The van der Waals surface area contributed by atoms with Gasteiger partial charge in [0.05, 0.1) is 29.8 Å². The summed E-state index contributed by atoms with van der Waals surface area (Å²) >= 11 is 6.64. The molecule has 3 N–H and O–H groups in total. The molecule has 4 rings (SSSR count). The average Bonchev–Trinajstić information content (AvgIpc) is 3.01. The summed E-state index contributed by atoms with van der Waals surface area (Å²) in [5, 5.41) is 31.6. The molecule has 0 atom stereocenters. The first-order valence-electron chi connectivity index (χ1n) is 13.4. The van der Waals surface area contributed by atoms with Gasteiger partial charge in [-0.15, -0.1) is 0 Å². The van der Waals surface area contributed by atoms with E-state index in [1.54, 1.807) is 30.5 Å². The molecule has 0 saturated heterocycles. The number of nitriles is 1. The highest BCUT2D eigenvalue weighted by molar-refractivity contribution is 6.32. The van der Waals surface area contributed by atoms with E-state index in [0.29, 0.717) is 33.2 Å². The molecule has 0 fully saturated rings. The van der Waals surface area contributed by atoms with Gasteiger partial charge in [-0.25, -0.2) is 0 Å². The zero-order chi connectivity index (χ0) is 30.1. The van der Waals surface area contributed by atoms with Crippen molar-refractivity contribution in [3.05, 3.63) is 111 Å². The minimum absolute atomic E-state index is 0.153. The molecule has 0 unspecified atom stereocenters. The number of hydrogen-bond donors (Lipinski definition) is 3. The molecule has 1 heterocycles. The van der Waals surface area contributed by atoms with Crippen LogP contribution in [0.25, 0.3) is 11.1 Å². The standard InChI is InChI=1S/C33H32ClN3O5/c1-21-25(16-38)5-3-7-29(21)30-8-4-6-26(22(30)2)20-42-33-11-32(41-19-24-9-23(12-35)13-36-14-24)27(10-31(33)34)15-37-28(17-39)18-40/h3-11,13-14,16,28,37,39-40H,15,17-20H2,1-2H3. The number of aldehydes is 1. The highest BCUT2D eigenvalue weighted by atomic mass is 35.5. The number of benzene rings is 3. The van der Waals surface area contributed by atoms with Crippen molar-refractivity contribution in [3.63, 3.8) is 0 Å². The van der Waals surface area contributed by atoms with E-state index in [4.69, 9.17) is 21.1 Å². The summed E-state index contributed by atoms with van der Waals surface area (Å²) < 4.78 is 12.3. The Morgan fingerprint density at radius 3 is 2.38 bits per heavy atom. The lowest BCUT2D eigenvalue weighted by Gasteiger charge is -2.19. The summed E-state index contributed by atoms with van der Waals surface area (Å²) in [5.74, 6) is 0.912. The topological polar surface area (TPSA) is 125 Å². The fourth-order valence-electron chi connectivity index (χ4n) is 4.55.